The molecule has 1 aromatic carbocycles. The van der Waals surface area contributed by atoms with Gasteiger partial charge < -0.3 is 5.32 Å². The first kappa shape index (κ1) is 18.1. The smallest absolute Gasteiger partial charge is 0.204 e. The highest BCUT2D eigenvalue weighted by atomic mass is 32.1. The Morgan fingerprint density at radius 2 is 2.07 bits per heavy atom. The summed E-state index contributed by atoms with van der Waals surface area (Å²) in [6.07, 6.45) is 5.17. The first-order valence-electron chi connectivity index (χ1n) is 8.84. The van der Waals surface area contributed by atoms with Crippen LogP contribution in [0.5, 0.6) is 0 Å². The van der Waals surface area contributed by atoms with E-state index in [2.05, 4.69) is 20.4 Å². The molecule has 0 saturated carbocycles. The molecule has 0 saturated heterocycles. The highest BCUT2D eigenvalue weighted by Crippen LogP contribution is 2.25. The van der Waals surface area contributed by atoms with Crippen LogP contribution in [0.4, 0.5) is 5.13 Å². The minimum Gasteiger partial charge on any atom is -0.357 e. The third-order valence-electron chi connectivity index (χ3n) is 4.32. The highest BCUT2D eigenvalue weighted by Gasteiger charge is 2.15. The highest BCUT2D eigenvalue weighted by molar-refractivity contribution is 7.17. The number of nitrogens with one attached hydrogen (secondary N) is 1. The van der Waals surface area contributed by atoms with Crippen LogP contribution in [0, 0.1) is 6.92 Å². The second-order valence-corrected chi connectivity index (χ2v) is 7.48. The molecule has 0 atom stereocenters. The Morgan fingerprint density at radius 3 is 2.82 bits per heavy atom. The molecule has 4 rings (SSSR count). The molecule has 0 spiro atoms. The minimum absolute atomic E-state index is 0.0346. The van der Waals surface area contributed by atoms with Crippen LogP contribution in [0.15, 0.2) is 61.1 Å². The summed E-state index contributed by atoms with van der Waals surface area (Å²) < 4.78 is 1.83. The molecule has 0 fully saturated rings. The van der Waals surface area contributed by atoms with E-state index in [1.165, 1.54) is 11.3 Å². The molecular formula is C21H19N5OS. The Morgan fingerprint density at radius 1 is 1.18 bits per heavy atom. The molecule has 0 unspecified atom stereocenters. The van der Waals surface area contributed by atoms with E-state index in [0.29, 0.717) is 22.1 Å². The molecule has 0 amide bonds. The molecular weight excluding hydrogens is 370 g/mol. The molecule has 7 heteroatoms. The lowest BCUT2D eigenvalue weighted by Crippen LogP contribution is -2.00. The Kier molecular flexibility index (Phi) is 4.99. The van der Waals surface area contributed by atoms with Crippen molar-refractivity contribution in [3.8, 4) is 11.3 Å². The van der Waals surface area contributed by atoms with E-state index < -0.39 is 0 Å². The van der Waals surface area contributed by atoms with Crippen molar-refractivity contribution in [2.45, 2.75) is 13.5 Å². The standard InChI is InChI=1S/C21H19N5OS/c1-14-9-18(26(2)25-14)16-6-3-7-17(10-16)20(27)19-13-24-21(28-19)23-12-15-5-4-8-22-11-15/h3-11,13H,12H2,1-2H3,(H,23,24). The van der Waals surface area contributed by atoms with E-state index >= 15 is 0 Å². The zero-order valence-corrected chi connectivity index (χ0v) is 16.4. The van der Waals surface area contributed by atoms with Gasteiger partial charge in [0.1, 0.15) is 0 Å². The number of anilines is 1. The van der Waals surface area contributed by atoms with Crippen molar-refractivity contribution in [2.75, 3.05) is 5.32 Å². The summed E-state index contributed by atoms with van der Waals surface area (Å²) >= 11 is 1.35. The van der Waals surface area contributed by atoms with Gasteiger partial charge in [-0.05, 0) is 30.7 Å². The number of nitrogens with zero attached hydrogens (tertiary/aromatic N) is 4. The number of carbonyl (C=O) groups is 1. The van der Waals surface area contributed by atoms with E-state index in [1.807, 2.05) is 61.1 Å². The molecule has 0 aliphatic heterocycles. The maximum atomic E-state index is 12.9. The maximum Gasteiger partial charge on any atom is 0.204 e. The van der Waals surface area contributed by atoms with Gasteiger partial charge in [0, 0.05) is 37.1 Å². The third kappa shape index (κ3) is 3.84. The molecule has 3 heterocycles. The monoisotopic (exact) mass is 389 g/mol. The van der Waals surface area contributed by atoms with E-state index in [-0.39, 0.29) is 5.78 Å². The predicted octanol–water partition coefficient (Wildman–Crippen LogP) is 4.09. The van der Waals surface area contributed by atoms with Crippen LogP contribution in [0.2, 0.25) is 0 Å². The van der Waals surface area contributed by atoms with Crippen molar-refractivity contribution in [1.29, 1.82) is 0 Å². The van der Waals surface area contributed by atoms with Gasteiger partial charge >= 0.3 is 0 Å². The number of carbonyl (C=O) groups excluding carboxylic acids is 1. The summed E-state index contributed by atoms with van der Waals surface area (Å²) in [6, 6.07) is 13.5. The number of hydrogen-bond donors (Lipinski definition) is 1. The molecule has 140 valence electrons. The number of hydrogen-bond acceptors (Lipinski definition) is 6. The molecule has 28 heavy (non-hydrogen) atoms. The number of aryl methyl sites for hydroxylation is 2. The molecule has 1 N–H and O–H groups in total. The molecule has 0 aliphatic rings. The molecule has 0 radical (unpaired) electrons. The number of aromatic nitrogens is 4. The van der Waals surface area contributed by atoms with Gasteiger partial charge in [0.25, 0.3) is 0 Å². The van der Waals surface area contributed by atoms with E-state index in [0.717, 1.165) is 22.5 Å². The van der Waals surface area contributed by atoms with Crippen molar-refractivity contribution in [1.82, 2.24) is 19.7 Å². The summed E-state index contributed by atoms with van der Waals surface area (Å²) in [5, 5.41) is 8.33. The predicted molar refractivity (Wildman–Crippen MR) is 110 cm³/mol. The van der Waals surface area contributed by atoms with Gasteiger partial charge in [-0.15, -0.1) is 0 Å². The first-order chi connectivity index (χ1) is 13.6. The van der Waals surface area contributed by atoms with Crippen LogP contribution in [-0.4, -0.2) is 25.5 Å². The summed E-state index contributed by atoms with van der Waals surface area (Å²) in [5.74, 6) is -0.0346. The number of pyridine rings is 1. The fourth-order valence-electron chi connectivity index (χ4n) is 2.98. The molecule has 6 nitrogen and oxygen atoms in total. The van der Waals surface area contributed by atoms with Gasteiger partial charge in [0.2, 0.25) is 5.78 Å². The fraction of sp³-hybridized carbons (Fsp3) is 0.143. The normalized spacial score (nSPS) is 10.8. The quantitative estimate of drug-likeness (QED) is 0.503. The average Bonchev–Trinajstić information content (AvgIpc) is 3.33. The van der Waals surface area contributed by atoms with Crippen molar-refractivity contribution < 1.29 is 4.79 Å². The van der Waals surface area contributed by atoms with Gasteiger partial charge in [0.15, 0.2) is 5.13 Å². The van der Waals surface area contributed by atoms with Gasteiger partial charge in [0.05, 0.1) is 22.5 Å². The average molecular weight is 389 g/mol. The van der Waals surface area contributed by atoms with Crippen LogP contribution >= 0.6 is 11.3 Å². The molecule has 4 aromatic rings. The molecule has 0 bridgehead atoms. The fourth-order valence-corrected chi connectivity index (χ4v) is 3.76. The van der Waals surface area contributed by atoms with Crippen molar-refractivity contribution in [2.24, 2.45) is 7.05 Å². The second kappa shape index (κ2) is 7.74. The van der Waals surface area contributed by atoms with Crippen molar-refractivity contribution in [3.63, 3.8) is 0 Å². The molecule has 0 aliphatic carbocycles. The van der Waals surface area contributed by atoms with E-state index in [4.69, 9.17) is 0 Å². The second-order valence-electron chi connectivity index (χ2n) is 6.45. The topological polar surface area (TPSA) is 72.7 Å². The van der Waals surface area contributed by atoms with Crippen molar-refractivity contribution in [3.05, 3.63) is 82.8 Å². The van der Waals surface area contributed by atoms with Crippen LogP contribution in [0.25, 0.3) is 11.3 Å². The summed E-state index contributed by atoms with van der Waals surface area (Å²) in [5.41, 5.74) is 4.59. The maximum absolute atomic E-state index is 12.9. The van der Waals surface area contributed by atoms with Gasteiger partial charge in [-0.2, -0.15) is 5.10 Å². The summed E-state index contributed by atoms with van der Waals surface area (Å²) in [6.45, 7) is 2.57. The minimum atomic E-state index is -0.0346. The van der Waals surface area contributed by atoms with Gasteiger partial charge in [-0.25, -0.2) is 4.98 Å². The number of ketones is 1. The van der Waals surface area contributed by atoms with Crippen LogP contribution in [0.1, 0.15) is 26.5 Å². The van der Waals surface area contributed by atoms with Crippen LogP contribution in [0.3, 0.4) is 0 Å². The first-order valence-corrected chi connectivity index (χ1v) is 9.66. The zero-order valence-electron chi connectivity index (χ0n) is 15.6. The van der Waals surface area contributed by atoms with Crippen LogP contribution < -0.4 is 5.32 Å². The van der Waals surface area contributed by atoms with Crippen LogP contribution in [-0.2, 0) is 13.6 Å². The van der Waals surface area contributed by atoms with Gasteiger partial charge in [-0.3, -0.25) is 14.5 Å². The Bertz CT molecular complexity index is 1120. The third-order valence-corrected chi connectivity index (χ3v) is 5.27. The van der Waals surface area contributed by atoms with Gasteiger partial charge in [-0.1, -0.05) is 35.6 Å². The number of benzene rings is 1. The SMILES string of the molecule is Cc1cc(-c2cccc(C(=O)c3cnc(NCc4cccnc4)s3)c2)n(C)n1. The van der Waals surface area contributed by atoms with E-state index in [9.17, 15) is 4.79 Å². The largest absolute Gasteiger partial charge is 0.357 e. The Balaban J connectivity index is 1.51. The lowest BCUT2D eigenvalue weighted by Gasteiger charge is -2.04. The van der Waals surface area contributed by atoms with E-state index in [1.54, 1.807) is 18.6 Å². The summed E-state index contributed by atoms with van der Waals surface area (Å²) in [4.78, 5) is 21.9. The lowest BCUT2D eigenvalue weighted by molar-refractivity contribution is 0.104. The number of thiazole rings is 1. The summed E-state index contributed by atoms with van der Waals surface area (Å²) in [7, 11) is 1.90. The number of rotatable bonds is 6. The van der Waals surface area contributed by atoms with Crippen molar-refractivity contribution >= 4 is 22.3 Å². The Labute approximate surface area is 166 Å². The Hall–Kier alpha value is -3.32. The zero-order chi connectivity index (χ0) is 19.5. The lowest BCUT2D eigenvalue weighted by atomic mass is 10.0. The molecule has 3 aromatic heterocycles.